The smallest absolute Gasteiger partial charge is 0.323 e. The van der Waals surface area contributed by atoms with Crippen LogP contribution in [0.3, 0.4) is 0 Å². The Labute approximate surface area is 115 Å². The Morgan fingerprint density at radius 1 is 1.11 bits per heavy atom. The molecule has 2 N–H and O–H groups in total. The first kappa shape index (κ1) is 18.3. The molecule has 6 nitrogen and oxygen atoms in total. The number of nitrogens with one attached hydrogen (secondary N) is 1. The van der Waals surface area contributed by atoms with Crippen LogP contribution in [0.1, 0.15) is 26.2 Å². The van der Waals surface area contributed by atoms with Gasteiger partial charge in [0.05, 0.1) is 13.2 Å². The Morgan fingerprint density at radius 2 is 1.68 bits per heavy atom. The monoisotopic (exact) mass is 277 g/mol. The third-order valence-electron chi connectivity index (χ3n) is 3.00. The number of hydrogen-bond donors (Lipinski definition) is 2. The molecule has 0 amide bonds. The molecule has 0 spiro atoms. The molecule has 0 fully saturated rings. The van der Waals surface area contributed by atoms with Crippen molar-refractivity contribution in [2.24, 2.45) is 0 Å². The van der Waals surface area contributed by atoms with E-state index in [1.165, 1.54) is 0 Å². The van der Waals surface area contributed by atoms with Crippen LogP contribution in [0.15, 0.2) is 0 Å². The summed E-state index contributed by atoms with van der Waals surface area (Å²) in [5, 5.41) is 11.9. The molecule has 0 aromatic rings. The molecule has 0 aliphatic rings. The highest BCUT2D eigenvalue weighted by Crippen LogP contribution is 2.11. The molecular formula is C13H27NO5. The van der Waals surface area contributed by atoms with Crippen molar-refractivity contribution in [3.05, 3.63) is 0 Å². The summed E-state index contributed by atoms with van der Waals surface area (Å²) in [5.41, 5.74) is -0.868. The third kappa shape index (κ3) is 8.93. The van der Waals surface area contributed by atoms with Crippen molar-refractivity contribution < 1.29 is 24.1 Å². The molecule has 0 radical (unpaired) electrons. The summed E-state index contributed by atoms with van der Waals surface area (Å²) in [4.78, 5) is 11.0. The lowest BCUT2D eigenvalue weighted by Crippen LogP contribution is -2.47. The van der Waals surface area contributed by atoms with Crippen LogP contribution in [0.2, 0.25) is 0 Å². The van der Waals surface area contributed by atoms with Gasteiger partial charge in [0, 0.05) is 26.9 Å². The number of rotatable bonds is 13. The number of carbonyl (C=O) groups is 1. The number of methoxy groups -OCH3 is 1. The van der Waals surface area contributed by atoms with Gasteiger partial charge in [-0.25, -0.2) is 0 Å². The zero-order valence-corrected chi connectivity index (χ0v) is 12.2. The van der Waals surface area contributed by atoms with Crippen LogP contribution in [0.25, 0.3) is 0 Å². The van der Waals surface area contributed by atoms with Crippen LogP contribution in [0.4, 0.5) is 0 Å². The third-order valence-corrected chi connectivity index (χ3v) is 3.00. The van der Waals surface area contributed by atoms with E-state index in [0.717, 1.165) is 6.42 Å². The molecule has 0 aliphatic heterocycles. The molecule has 114 valence electrons. The first-order valence-electron chi connectivity index (χ1n) is 6.63. The maximum Gasteiger partial charge on any atom is 0.323 e. The number of carboxylic acids is 1. The summed E-state index contributed by atoms with van der Waals surface area (Å²) in [7, 11) is 3.30. The highest BCUT2D eigenvalue weighted by atomic mass is 16.5. The van der Waals surface area contributed by atoms with Gasteiger partial charge in [-0.2, -0.15) is 0 Å². The van der Waals surface area contributed by atoms with Gasteiger partial charge in [-0.1, -0.05) is 0 Å². The van der Waals surface area contributed by atoms with Crippen LogP contribution in [-0.4, -0.2) is 63.8 Å². The molecule has 6 heteroatoms. The minimum absolute atomic E-state index is 0.545. The molecule has 19 heavy (non-hydrogen) atoms. The minimum Gasteiger partial charge on any atom is -0.480 e. The lowest BCUT2D eigenvalue weighted by atomic mass is 9.96. The van der Waals surface area contributed by atoms with Crippen molar-refractivity contribution in [2.75, 3.05) is 47.2 Å². The largest absolute Gasteiger partial charge is 0.480 e. The SMILES string of the molecule is CNC(C)(CCCOCCCOCCOC)C(=O)O. The molecule has 0 aromatic heterocycles. The zero-order valence-electron chi connectivity index (χ0n) is 12.2. The lowest BCUT2D eigenvalue weighted by molar-refractivity contribution is -0.144. The first-order chi connectivity index (χ1) is 9.06. The summed E-state index contributed by atoms with van der Waals surface area (Å²) in [6, 6.07) is 0. The molecule has 1 atom stereocenters. The van der Waals surface area contributed by atoms with Crippen LogP contribution >= 0.6 is 0 Å². The second-order valence-electron chi connectivity index (χ2n) is 4.56. The summed E-state index contributed by atoms with van der Waals surface area (Å²) in [6.45, 7) is 4.76. The fraction of sp³-hybridized carbons (Fsp3) is 0.923. The average molecular weight is 277 g/mol. The molecule has 0 aromatic carbocycles. The quantitative estimate of drug-likeness (QED) is 0.487. The topological polar surface area (TPSA) is 77.0 Å². The van der Waals surface area contributed by atoms with E-state index in [1.807, 2.05) is 0 Å². The molecule has 0 saturated heterocycles. The maximum atomic E-state index is 11.0. The Kier molecular flexibility index (Phi) is 10.8. The van der Waals surface area contributed by atoms with Gasteiger partial charge in [0.2, 0.25) is 0 Å². The highest BCUT2D eigenvalue weighted by molar-refractivity contribution is 5.78. The van der Waals surface area contributed by atoms with Gasteiger partial charge >= 0.3 is 5.97 Å². The summed E-state index contributed by atoms with van der Waals surface area (Å²) < 4.78 is 15.6. The van der Waals surface area contributed by atoms with Gasteiger partial charge < -0.3 is 24.6 Å². The van der Waals surface area contributed by atoms with E-state index >= 15 is 0 Å². The van der Waals surface area contributed by atoms with E-state index in [1.54, 1.807) is 21.1 Å². The second-order valence-corrected chi connectivity index (χ2v) is 4.56. The van der Waals surface area contributed by atoms with Crippen molar-refractivity contribution in [1.29, 1.82) is 0 Å². The van der Waals surface area contributed by atoms with Crippen molar-refractivity contribution >= 4 is 5.97 Å². The molecule has 0 heterocycles. The molecule has 0 aliphatic carbocycles. The van der Waals surface area contributed by atoms with E-state index in [4.69, 9.17) is 19.3 Å². The summed E-state index contributed by atoms with van der Waals surface area (Å²) in [6.07, 6.45) is 2.10. The molecule has 0 saturated carbocycles. The Morgan fingerprint density at radius 3 is 2.21 bits per heavy atom. The number of aliphatic carboxylic acids is 1. The van der Waals surface area contributed by atoms with E-state index in [2.05, 4.69) is 5.32 Å². The molecule has 0 bridgehead atoms. The fourth-order valence-corrected chi connectivity index (χ4v) is 1.48. The van der Waals surface area contributed by atoms with Gasteiger partial charge in [-0.05, 0) is 33.2 Å². The standard InChI is InChI=1S/C13H27NO5/c1-13(14-2,12(15)16)6-4-7-18-8-5-9-19-11-10-17-3/h14H,4-11H2,1-3H3,(H,15,16). The first-order valence-corrected chi connectivity index (χ1v) is 6.63. The number of ether oxygens (including phenoxy) is 3. The Hall–Kier alpha value is -0.690. The predicted octanol–water partition coefficient (Wildman–Crippen LogP) is 0.899. The number of hydrogen-bond acceptors (Lipinski definition) is 5. The molecule has 0 rings (SSSR count). The van der Waals surface area contributed by atoms with Gasteiger partial charge in [-0.3, -0.25) is 4.79 Å². The van der Waals surface area contributed by atoms with Crippen LogP contribution < -0.4 is 5.32 Å². The van der Waals surface area contributed by atoms with Gasteiger partial charge in [0.15, 0.2) is 0 Å². The van der Waals surface area contributed by atoms with Gasteiger partial charge in [0.25, 0.3) is 0 Å². The normalized spacial score (nSPS) is 14.3. The summed E-state index contributed by atoms with van der Waals surface area (Å²) >= 11 is 0. The second kappa shape index (κ2) is 11.2. The highest BCUT2D eigenvalue weighted by Gasteiger charge is 2.30. The summed E-state index contributed by atoms with van der Waals surface area (Å²) in [5.74, 6) is -0.832. The number of carboxylic acid groups (broad SMARTS) is 1. The average Bonchev–Trinajstić information content (AvgIpc) is 2.40. The Bertz CT molecular complexity index is 237. The molecule has 1 unspecified atom stereocenters. The van der Waals surface area contributed by atoms with Crippen molar-refractivity contribution in [2.45, 2.75) is 31.7 Å². The van der Waals surface area contributed by atoms with Crippen molar-refractivity contribution in [3.8, 4) is 0 Å². The van der Waals surface area contributed by atoms with E-state index in [9.17, 15) is 4.79 Å². The lowest BCUT2D eigenvalue weighted by Gasteiger charge is -2.23. The van der Waals surface area contributed by atoms with Crippen LogP contribution in [0, 0.1) is 0 Å². The van der Waals surface area contributed by atoms with Gasteiger partial charge in [-0.15, -0.1) is 0 Å². The Balaban J connectivity index is 3.38. The number of likely N-dealkylation sites (N-methyl/N-ethyl adjacent to an activating group) is 1. The van der Waals surface area contributed by atoms with Gasteiger partial charge in [0.1, 0.15) is 5.54 Å². The minimum atomic E-state index is -0.868. The fourth-order valence-electron chi connectivity index (χ4n) is 1.48. The zero-order chi connectivity index (χ0) is 14.6. The molecular weight excluding hydrogens is 250 g/mol. The van der Waals surface area contributed by atoms with Crippen molar-refractivity contribution in [1.82, 2.24) is 5.32 Å². The van der Waals surface area contributed by atoms with E-state index < -0.39 is 11.5 Å². The van der Waals surface area contributed by atoms with Crippen LogP contribution in [-0.2, 0) is 19.0 Å². The van der Waals surface area contributed by atoms with Crippen LogP contribution in [0.5, 0.6) is 0 Å². The maximum absolute atomic E-state index is 11.0. The predicted molar refractivity (Wildman–Crippen MR) is 72.5 cm³/mol. The van der Waals surface area contributed by atoms with E-state index in [0.29, 0.717) is 45.9 Å². The van der Waals surface area contributed by atoms with Crippen molar-refractivity contribution in [3.63, 3.8) is 0 Å². The van der Waals surface area contributed by atoms with E-state index in [-0.39, 0.29) is 0 Å².